The van der Waals surface area contributed by atoms with Gasteiger partial charge in [-0.05, 0) is 31.9 Å². The van der Waals surface area contributed by atoms with Crippen LogP contribution in [0.25, 0.3) is 11.3 Å². The van der Waals surface area contributed by atoms with E-state index in [4.69, 9.17) is 14.2 Å². The van der Waals surface area contributed by atoms with Crippen LogP contribution in [0.2, 0.25) is 0 Å². The molecule has 6 nitrogen and oxygen atoms in total. The highest BCUT2D eigenvalue weighted by atomic mass is 79.9. The summed E-state index contributed by atoms with van der Waals surface area (Å²) < 4.78 is 11.9. The van der Waals surface area contributed by atoms with Crippen molar-refractivity contribution in [3.8, 4) is 11.3 Å². The Bertz CT molecular complexity index is 932. The molecule has 0 radical (unpaired) electrons. The fourth-order valence-corrected chi connectivity index (χ4v) is 4.08. The van der Waals surface area contributed by atoms with Gasteiger partial charge in [0.25, 0.3) is 5.91 Å². The van der Waals surface area contributed by atoms with Crippen LogP contribution < -0.4 is 4.90 Å². The normalized spacial score (nSPS) is 16.6. The SMILES string of the molecule is Cc1cc(C(=O)N(CC2CCCO2)c2nc(-c3ccc(Br)cc3)cs2)on1. The fourth-order valence-electron chi connectivity index (χ4n) is 2.98. The Balaban J connectivity index is 1.63. The number of ether oxygens (including phenoxy) is 1. The lowest BCUT2D eigenvalue weighted by Gasteiger charge is -2.21. The number of nitrogens with zero attached hydrogens (tertiary/aromatic N) is 3. The Morgan fingerprint density at radius 2 is 2.19 bits per heavy atom. The van der Waals surface area contributed by atoms with Gasteiger partial charge in [-0.25, -0.2) is 4.98 Å². The number of carbonyl (C=O) groups is 1. The molecule has 3 heterocycles. The minimum Gasteiger partial charge on any atom is -0.376 e. The van der Waals surface area contributed by atoms with Crippen molar-refractivity contribution in [3.05, 3.63) is 51.6 Å². The Kier molecular flexibility index (Phi) is 5.38. The number of hydrogen-bond donors (Lipinski definition) is 0. The number of carbonyl (C=O) groups excluding carboxylic acids is 1. The minimum atomic E-state index is -0.247. The van der Waals surface area contributed by atoms with Crippen LogP contribution >= 0.6 is 27.3 Å². The summed E-state index contributed by atoms with van der Waals surface area (Å²) in [5.74, 6) is -0.0336. The molecule has 27 heavy (non-hydrogen) atoms. The van der Waals surface area contributed by atoms with Crippen molar-refractivity contribution in [2.75, 3.05) is 18.1 Å². The molecule has 0 bridgehead atoms. The first-order valence-electron chi connectivity index (χ1n) is 8.68. The van der Waals surface area contributed by atoms with Crippen molar-refractivity contribution >= 4 is 38.3 Å². The van der Waals surface area contributed by atoms with E-state index in [1.54, 1.807) is 17.9 Å². The standard InChI is InChI=1S/C19H18BrN3O3S/c1-12-9-17(26-22-12)18(24)23(10-15-3-2-8-25-15)19-21-16(11-27-19)13-4-6-14(20)7-5-13/h4-7,9,11,15H,2-3,8,10H2,1H3. The lowest BCUT2D eigenvalue weighted by Crippen LogP contribution is -2.37. The number of benzene rings is 1. The summed E-state index contributed by atoms with van der Waals surface area (Å²) in [6.07, 6.45) is 1.96. The summed E-state index contributed by atoms with van der Waals surface area (Å²) in [5, 5.41) is 6.42. The van der Waals surface area contributed by atoms with E-state index in [1.165, 1.54) is 11.3 Å². The Morgan fingerprint density at radius 3 is 2.85 bits per heavy atom. The second-order valence-electron chi connectivity index (χ2n) is 6.41. The van der Waals surface area contributed by atoms with Gasteiger partial charge >= 0.3 is 0 Å². The molecule has 4 rings (SSSR count). The second kappa shape index (κ2) is 7.92. The third-order valence-corrected chi connectivity index (χ3v) is 5.75. The fraction of sp³-hybridized carbons (Fsp3) is 0.316. The van der Waals surface area contributed by atoms with Gasteiger partial charge in [-0.1, -0.05) is 33.2 Å². The number of rotatable bonds is 5. The third kappa shape index (κ3) is 4.12. The molecule has 1 aliphatic heterocycles. The van der Waals surface area contributed by atoms with E-state index < -0.39 is 0 Å². The van der Waals surface area contributed by atoms with Crippen LogP contribution in [0.1, 0.15) is 29.1 Å². The molecule has 0 N–H and O–H groups in total. The molecule has 1 fully saturated rings. The summed E-state index contributed by atoms with van der Waals surface area (Å²) >= 11 is 4.88. The molecule has 8 heteroatoms. The topological polar surface area (TPSA) is 68.5 Å². The Morgan fingerprint density at radius 1 is 1.37 bits per heavy atom. The van der Waals surface area contributed by atoms with Gasteiger partial charge < -0.3 is 9.26 Å². The van der Waals surface area contributed by atoms with Gasteiger partial charge in [-0.15, -0.1) is 11.3 Å². The molecule has 1 atom stereocenters. The quantitative estimate of drug-likeness (QED) is 0.566. The first-order chi connectivity index (χ1) is 13.1. The van der Waals surface area contributed by atoms with Crippen LogP contribution in [0.5, 0.6) is 0 Å². The lowest BCUT2D eigenvalue weighted by atomic mass is 10.2. The molecular formula is C19H18BrN3O3S. The molecule has 3 aromatic rings. The number of anilines is 1. The van der Waals surface area contributed by atoms with Gasteiger partial charge in [0.15, 0.2) is 5.13 Å². The molecule has 0 spiro atoms. The maximum Gasteiger partial charge on any atom is 0.298 e. The average Bonchev–Trinajstić information content (AvgIpc) is 3.41. The highest BCUT2D eigenvalue weighted by Gasteiger charge is 2.29. The summed E-state index contributed by atoms with van der Waals surface area (Å²) in [5.41, 5.74) is 2.51. The van der Waals surface area contributed by atoms with Crippen LogP contribution in [0, 0.1) is 6.92 Å². The Hall–Kier alpha value is -2.03. The van der Waals surface area contributed by atoms with E-state index in [9.17, 15) is 4.79 Å². The highest BCUT2D eigenvalue weighted by molar-refractivity contribution is 9.10. The van der Waals surface area contributed by atoms with Crippen LogP contribution in [0.15, 0.2) is 44.7 Å². The van der Waals surface area contributed by atoms with Gasteiger partial charge in [0, 0.05) is 28.1 Å². The zero-order valence-electron chi connectivity index (χ0n) is 14.7. The molecule has 1 amide bonds. The summed E-state index contributed by atoms with van der Waals surface area (Å²) in [6.45, 7) is 2.97. The van der Waals surface area contributed by atoms with Crippen molar-refractivity contribution in [1.82, 2.24) is 10.1 Å². The van der Waals surface area contributed by atoms with Gasteiger partial charge in [0.05, 0.1) is 24.0 Å². The van der Waals surface area contributed by atoms with E-state index >= 15 is 0 Å². The third-order valence-electron chi connectivity index (χ3n) is 4.36. The van der Waals surface area contributed by atoms with Gasteiger partial charge in [0.1, 0.15) is 0 Å². The van der Waals surface area contributed by atoms with Crippen molar-refractivity contribution in [1.29, 1.82) is 0 Å². The predicted octanol–water partition coefficient (Wildman–Crippen LogP) is 4.69. The van der Waals surface area contributed by atoms with E-state index in [1.807, 2.05) is 29.6 Å². The van der Waals surface area contributed by atoms with Crippen molar-refractivity contribution in [3.63, 3.8) is 0 Å². The van der Waals surface area contributed by atoms with Gasteiger partial charge in [-0.3, -0.25) is 9.69 Å². The van der Waals surface area contributed by atoms with Gasteiger partial charge in [0.2, 0.25) is 5.76 Å². The van der Waals surface area contributed by atoms with Crippen molar-refractivity contribution in [2.24, 2.45) is 0 Å². The van der Waals surface area contributed by atoms with E-state index in [-0.39, 0.29) is 17.8 Å². The molecule has 1 unspecified atom stereocenters. The van der Waals surface area contributed by atoms with E-state index in [0.29, 0.717) is 17.4 Å². The summed E-state index contributed by atoms with van der Waals surface area (Å²) in [4.78, 5) is 19.4. The molecule has 0 saturated carbocycles. The smallest absolute Gasteiger partial charge is 0.298 e. The molecule has 1 saturated heterocycles. The molecule has 0 aliphatic carbocycles. The second-order valence-corrected chi connectivity index (χ2v) is 8.16. The molecule has 2 aromatic heterocycles. The largest absolute Gasteiger partial charge is 0.376 e. The maximum absolute atomic E-state index is 13.0. The van der Waals surface area contributed by atoms with Crippen LogP contribution in [0.4, 0.5) is 5.13 Å². The number of thiazole rings is 1. The molecule has 140 valence electrons. The van der Waals surface area contributed by atoms with E-state index in [2.05, 4.69) is 21.1 Å². The maximum atomic E-state index is 13.0. The number of aromatic nitrogens is 2. The number of hydrogen-bond acceptors (Lipinski definition) is 6. The van der Waals surface area contributed by atoms with Crippen LogP contribution in [0.3, 0.4) is 0 Å². The lowest BCUT2D eigenvalue weighted by molar-refractivity contribution is 0.0887. The van der Waals surface area contributed by atoms with Crippen LogP contribution in [-0.4, -0.2) is 35.3 Å². The summed E-state index contributed by atoms with van der Waals surface area (Å²) in [6, 6.07) is 9.58. The first kappa shape index (κ1) is 18.3. The molecular weight excluding hydrogens is 430 g/mol. The zero-order valence-corrected chi connectivity index (χ0v) is 17.1. The number of aryl methyl sites for hydroxylation is 1. The van der Waals surface area contributed by atoms with Crippen molar-refractivity contribution < 1.29 is 14.1 Å². The van der Waals surface area contributed by atoms with Crippen molar-refractivity contribution in [2.45, 2.75) is 25.9 Å². The Labute approximate surface area is 169 Å². The number of halogens is 1. The first-order valence-corrected chi connectivity index (χ1v) is 10.4. The molecule has 1 aromatic carbocycles. The monoisotopic (exact) mass is 447 g/mol. The highest BCUT2D eigenvalue weighted by Crippen LogP contribution is 2.30. The van der Waals surface area contributed by atoms with Gasteiger partial charge in [-0.2, -0.15) is 0 Å². The number of amides is 1. The predicted molar refractivity (Wildman–Crippen MR) is 107 cm³/mol. The van der Waals surface area contributed by atoms with Crippen LogP contribution in [-0.2, 0) is 4.74 Å². The zero-order chi connectivity index (χ0) is 18.8. The average molecular weight is 448 g/mol. The minimum absolute atomic E-state index is 0.0120. The summed E-state index contributed by atoms with van der Waals surface area (Å²) in [7, 11) is 0. The van der Waals surface area contributed by atoms with E-state index in [0.717, 1.165) is 35.2 Å². The molecule has 1 aliphatic rings.